The van der Waals surface area contributed by atoms with Crippen molar-refractivity contribution in [3.8, 4) is 0 Å². The van der Waals surface area contributed by atoms with Gasteiger partial charge in [-0.15, -0.1) is 11.3 Å². The summed E-state index contributed by atoms with van der Waals surface area (Å²) in [5.74, 6) is -0.843. The lowest BCUT2D eigenvalue weighted by Crippen LogP contribution is -2.42. The minimum atomic E-state index is -0.386. The number of ether oxygens (including phenoxy) is 1. The molecule has 0 bridgehead atoms. The van der Waals surface area contributed by atoms with Crippen LogP contribution in [0, 0.1) is 0 Å². The van der Waals surface area contributed by atoms with E-state index in [9.17, 15) is 14.4 Å². The molecule has 2 heterocycles. The highest BCUT2D eigenvalue weighted by Gasteiger charge is 2.23. The second-order valence-corrected chi connectivity index (χ2v) is 10.0. The number of rotatable bonds is 10. The van der Waals surface area contributed by atoms with Crippen molar-refractivity contribution < 1.29 is 19.1 Å². The summed E-state index contributed by atoms with van der Waals surface area (Å²) in [6.45, 7) is 8.01. The van der Waals surface area contributed by atoms with Crippen LogP contribution in [0.3, 0.4) is 0 Å². The molecule has 3 amide bonds. The van der Waals surface area contributed by atoms with Crippen LogP contribution in [0.15, 0.2) is 23.6 Å². The maximum absolute atomic E-state index is 12.9. The first-order chi connectivity index (χ1) is 16.7. The first kappa shape index (κ1) is 27.3. The van der Waals surface area contributed by atoms with Gasteiger partial charge in [-0.25, -0.2) is 4.98 Å². The number of carbonyl (C=O) groups excluding carboxylic acids is 3. The van der Waals surface area contributed by atoms with Crippen molar-refractivity contribution in [3.63, 3.8) is 0 Å². The number of benzene rings is 1. The van der Waals surface area contributed by atoms with Crippen LogP contribution in [0.1, 0.15) is 29.9 Å². The van der Waals surface area contributed by atoms with Crippen molar-refractivity contribution in [1.82, 2.24) is 20.1 Å². The minimum absolute atomic E-state index is 0.125. The van der Waals surface area contributed by atoms with E-state index >= 15 is 0 Å². The summed E-state index contributed by atoms with van der Waals surface area (Å²) in [5, 5.41) is 8.33. The van der Waals surface area contributed by atoms with E-state index in [1.54, 1.807) is 17.5 Å². The fraction of sp³-hybridized carbons (Fsp3) is 0.478. The van der Waals surface area contributed by atoms with Crippen LogP contribution in [0.25, 0.3) is 0 Å². The second kappa shape index (κ2) is 13.2. The number of hydrogen-bond acceptors (Lipinski definition) is 7. The fourth-order valence-electron chi connectivity index (χ4n) is 3.45. The van der Waals surface area contributed by atoms with Crippen molar-refractivity contribution in [2.45, 2.75) is 26.3 Å². The lowest BCUT2D eigenvalue weighted by atomic mass is 10.1. The molecular weight excluding hydrogens is 513 g/mol. The number of morpholine rings is 1. The summed E-state index contributed by atoms with van der Waals surface area (Å²) >= 11 is 13.2. The number of carbonyl (C=O) groups is 3. The molecule has 0 unspecified atom stereocenters. The van der Waals surface area contributed by atoms with Gasteiger partial charge >= 0.3 is 0 Å². The van der Waals surface area contributed by atoms with Crippen molar-refractivity contribution in [3.05, 3.63) is 44.9 Å². The van der Waals surface area contributed by atoms with Crippen LogP contribution in [0.5, 0.6) is 0 Å². The number of nitrogens with one attached hydrogen (secondary N) is 2. The molecule has 0 spiro atoms. The summed E-state index contributed by atoms with van der Waals surface area (Å²) in [7, 11) is 0. The number of anilines is 1. The van der Waals surface area contributed by atoms with E-state index < -0.39 is 0 Å². The standard InChI is InChI=1S/C23H29Cl2N5O4S/c1-15(2)30(22(33)16-3-4-18(24)19(25)11-16)13-21(32)28-23-27-17(14-35-23)12-20(31)26-5-6-29-7-9-34-10-8-29/h3-4,11,14-15H,5-10,12-13H2,1-2H3,(H,26,31)(H,27,28,32). The normalized spacial score (nSPS) is 14.1. The van der Waals surface area contributed by atoms with E-state index in [-0.39, 0.29) is 41.8 Å². The average Bonchev–Trinajstić information content (AvgIpc) is 3.25. The monoisotopic (exact) mass is 541 g/mol. The molecule has 1 aliphatic heterocycles. The van der Waals surface area contributed by atoms with Crippen LogP contribution in [0.4, 0.5) is 5.13 Å². The summed E-state index contributed by atoms with van der Waals surface area (Å²) in [5.41, 5.74) is 0.916. The third kappa shape index (κ3) is 8.43. The summed E-state index contributed by atoms with van der Waals surface area (Å²) in [6.07, 6.45) is 0.128. The summed E-state index contributed by atoms with van der Waals surface area (Å²) in [4.78, 5) is 45.8. The molecule has 0 aliphatic carbocycles. The molecule has 9 nitrogen and oxygen atoms in total. The zero-order chi connectivity index (χ0) is 25.4. The Balaban J connectivity index is 1.48. The van der Waals surface area contributed by atoms with Crippen molar-refractivity contribution >= 4 is 57.4 Å². The predicted molar refractivity (Wildman–Crippen MR) is 137 cm³/mol. The molecular formula is C23H29Cl2N5O4S. The van der Waals surface area contributed by atoms with Gasteiger partial charge in [0, 0.05) is 43.2 Å². The van der Waals surface area contributed by atoms with E-state index in [0.29, 0.717) is 28.0 Å². The third-order valence-corrected chi connectivity index (χ3v) is 6.90. The highest BCUT2D eigenvalue weighted by Crippen LogP contribution is 2.24. The lowest BCUT2D eigenvalue weighted by Gasteiger charge is -2.26. The zero-order valence-corrected chi connectivity index (χ0v) is 22.0. The van der Waals surface area contributed by atoms with E-state index in [0.717, 1.165) is 32.8 Å². The lowest BCUT2D eigenvalue weighted by molar-refractivity contribution is -0.120. The molecule has 0 radical (unpaired) electrons. The highest BCUT2D eigenvalue weighted by atomic mass is 35.5. The maximum atomic E-state index is 12.9. The van der Waals surface area contributed by atoms with Gasteiger partial charge in [-0.2, -0.15) is 0 Å². The second-order valence-electron chi connectivity index (χ2n) is 8.33. The molecule has 1 aliphatic rings. The fourth-order valence-corrected chi connectivity index (χ4v) is 4.47. The van der Waals surface area contributed by atoms with Gasteiger partial charge in [-0.05, 0) is 32.0 Å². The van der Waals surface area contributed by atoms with Gasteiger partial charge in [0.1, 0.15) is 6.54 Å². The molecule has 0 saturated carbocycles. The molecule has 0 atom stereocenters. The average molecular weight is 542 g/mol. The van der Waals surface area contributed by atoms with Crippen molar-refractivity contribution in [2.24, 2.45) is 0 Å². The first-order valence-electron chi connectivity index (χ1n) is 11.3. The van der Waals surface area contributed by atoms with Gasteiger partial charge in [0.05, 0.1) is 35.4 Å². The molecule has 190 valence electrons. The number of halogens is 2. The van der Waals surface area contributed by atoms with Gasteiger partial charge in [0.2, 0.25) is 11.8 Å². The Kier molecular flexibility index (Phi) is 10.3. The van der Waals surface area contributed by atoms with Crippen LogP contribution >= 0.6 is 34.5 Å². The summed E-state index contributed by atoms with van der Waals surface area (Å²) in [6, 6.07) is 4.38. The Morgan fingerprint density at radius 1 is 1.17 bits per heavy atom. The molecule has 1 saturated heterocycles. The van der Waals surface area contributed by atoms with E-state index in [4.69, 9.17) is 27.9 Å². The Labute approximate surface area is 218 Å². The smallest absolute Gasteiger partial charge is 0.254 e. The Hall–Kier alpha value is -2.24. The molecule has 35 heavy (non-hydrogen) atoms. The van der Waals surface area contributed by atoms with E-state index in [1.165, 1.54) is 22.3 Å². The molecule has 3 rings (SSSR count). The Morgan fingerprint density at radius 2 is 1.91 bits per heavy atom. The van der Waals surface area contributed by atoms with Gasteiger partial charge in [-0.1, -0.05) is 23.2 Å². The molecule has 2 N–H and O–H groups in total. The number of aromatic nitrogens is 1. The Bertz CT molecular complexity index is 1040. The van der Waals surface area contributed by atoms with Crippen LogP contribution in [0.2, 0.25) is 10.0 Å². The van der Waals surface area contributed by atoms with Gasteiger partial charge < -0.3 is 20.3 Å². The van der Waals surface area contributed by atoms with Crippen LogP contribution in [-0.2, 0) is 20.7 Å². The Morgan fingerprint density at radius 3 is 2.60 bits per heavy atom. The van der Waals surface area contributed by atoms with E-state index in [2.05, 4.69) is 20.5 Å². The number of nitrogens with zero attached hydrogens (tertiary/aromatic N) is 3. The largest absolute Gasteiger partial charge is 0.379 e. The summed E-state index contributed by atoms with van der Waals surface area (Å²) < 4.78 is 5.31. The minimum Gasteiger partial charge on any atom is -0.379 e. The van der Waals surface area contributed by atoms with Gasteiger partial charge in [0.25, 0.3) is 5.91 Å². The molecule has 1 fully saturated rings. The predicted octanol–water partition coefficient (Wildman–Crippen LogP) is 2.93. The van der Waals surface area contributed by atoms with Gasteiger partial charge in [-0.3, -0.25) is 19.3 Å². The van der Waals surface area contributed by atoms with Crippen LogP contribution < -0.4 is 10.6 Å². The van der Waals surface area contributed by atoms with Crippen LogP contribution in [-0.4, -0.2) is 84.5 Å². The molecule has 1 aromatic heterocycles. The number of hydrogen-bond donors (Lipinski definition) is 2. The zero-order valence-electron chi connectivity index (χ0n) is 19.7. The van der Waals surface area contributed by atoms with Gasteiger partial charge in [0.15, 0.2) is 5.13 Å². The maximum Gasteiger partial charge on any atom is 0.254 e. The third-order valence-electron chi connectivity index (χ3n) is 5.36. The molecule has 1 aromatic carbocycles. The first-order valence-corrected chi connectivity index (χ1v) is 12.9. The highest BCUT2D eigenvalue weighted by molar-refractivity contribution is 7.13. The van der Waals surface area contributed by atoms with Crippen molar-refractivity contribution in [1.29, 1.82) is 0 Å². The topological polar surface area (TPSA) is 104 Å². The molecule has 2 aromatic rings. The number of thiazole rings is 1. The molecule has 12 heteroatoms. The number of amides is 3. The van der Waals surface area contributed by atoms with Crippen molar-refractivity contribution in [2.75, 3.05) is 51.3 Å². The SMILES string of the molecule is CC(C)N(CC(=O)Nc1nc(CC(=O)NCCN2CCOCC2)cs1)C(=O)c1ccc(Cl)c(Cl)c1. The quantitative estimate of drug-likeness (QED) is 0.479. The van der Waals surface area contributed by atoms with E-state index in [1.807, 2.05) is 13.8 Å².